The first-order chi connectivity index (χ1) is 8.78. The van der Waals surface area contributed by atoms with E-state index in [4.69, 9.17) is 11.6 Å². The lowest BCUT2D eigenvalue weighted by molar-refractivity contribution is 0.0532. The number of nitrogens with one attached hydrogen (secondary N) is 1. The van der Waals surface area contributed by atoms with E-state index in [0.29, 0.717) is 18.1 Å². The van der Waals surface area contributed by atoms with Crippen LogP contribution in [-0.2, 0) is 6.42 Å². The van der Waals surface area contributed by atoms with Crippen LogP contribution in [0.5, 0.6) is 0 Å². The fourth-order valence-electron chi connectivity index (χ4n) is 1.75. The van der Waals surface area contributed by atoms with Gasteiger partial charge >= 0.3 is 6.03 Å². The minimum absolute atomic E-state index is 0.184. The van der Waals surface area contributed by atoms with E-state index in [1.807, 2.05) is 24.3 Å². The smallest absolute Gasteiger partial charge is 0.317 e. The molecule has 5 heteroatoms. The van der Waals surface area contributed by atoms with Crippen LogP contribution in [0.3, 0.4) is 0 Å². The summed E-state index contributed by atoms with van der Waals surface area (Å²) in [7, 11) is 1.66. The molecule has 2 amide bonds. The summed E-state index contributed by atoms with van der Waals surface area (Å²) >= 11 is 5.80. The van der Waals surface area contributed by atoms with Crippen LogP contribution in [0.1, 0.15) is 19.4 Å². The van der Waals surface area contributed by atoms with Crippen LogP contribution in [0.2, 0.25) is 5.02 Å². The second-order valence-electron chi connectivity index (χ2n) is 5.28. The molecular formula is C14H21ClN2O2. The number of hydrogen-bond acceptors (Lipinski definition) is 2. The third-order valence-electron chi connectivity index (χ3n) is 2.57. The number of hydrogen-bond donors (Lipinski definition) is 2. The number of carbonyl (C=O) groups is 1. The second kappa shape index (κ2) is 6.78. The Morgan fingerprint density at radius 2 is 1.95 bits per heavy atom. The highest BCUT2D eigenvalue weighted by atomic mass is 35.5. The van der Waals surface area contributed by atoms with Gasteiger partial charge in [-0.25, -0.2) is 4.79 Å². The predicted molar refractivity (Wildman–Crippen MR) is 77.5 cm³/mol. The fourth-order valence-corrected chi connectivity index (χ4v) is 1.88. The van der Waals surface area contributed by atoms with Crippen molar-refractivity contribution in [1.29, 1.82) is 0 Å². The molecule has 0 bridgehead atoms. The number of carbonyl (C=O) groups excluding carboxylic acids is 1. The number of amides is 2. The van der Waals surface area contributed by atoms with Crippen molar-refractivity contribution in [3.63, 3.8) is 0 Å². The van der Waals surface area contributed by atoms with Gasteiger partial charge in [0.2, 0.25) is 0 Å². The van der Waals surface area contributed by atoms with Crippen molar-refractivity contribution in [3.05, 3.63) is 34.9 Å². The van der Waals surface area contributed by atoms with Crippen molar-refractivity contribution < 1.29 is 9.90 Å². The van der Waals surface area contributed by atoms with E-state index >= 15 is 0 Å². The third kappa shape index (κ3) is 6.45. The summed E-state index contributed by atoms with van der Waals surface area (Å²) in [6.07, 6.45) is 0.749. The first kappa shape index (κ1) is 15.8. The molecule has 106 valence electrons. The zero-order valence-corrected chi connectivity index (χ0v) is 12.4. The minimum Gasteiger partial charge on any atom is -0.389 e. The Labute approximate surface area is 119 Å². The van der Waals surface area contributed by atoms with Crippen LogP contribution in [0.4, 0.5) is 4.79 Å². The maximum Gasteiger partial charge on any atom is 0.317 e. The molecule has 19 heavy (non-hydrogen) atoms. The Morgan fingerprint density at radius 1 is 1.37 bits per heavy atom. The average Bonchev–Trinajstić information content (AvgIpc) is 2.29. The lowest BCUT2D eigenvalue weighted by atomic mass is 10.1. The standard InChI is InChI=1S/C14H21ClN2O2/c1-14(2,19)10-17(3)13(18)16-9-8-11-4-6-12(15)7-5-11/h4-7,19H,8-10H2,1-3H3,(H,16,18). The van der Waals surface area contributed by atoms with Gasteiger partial charge in [-0.05, 0) is 38.0 Å². The molecule has 0 aliphatic rings. The van der Waals surface area contributed by atoms with E-state index in [9.17, 15) is 9.90 Å². The summed E-state index contributed by atoms with van der Waals surface area (Å²) in [5, 5.41) is 13.1. The van der Waals surface area contributed by atoms with Gasteiger partial charge in [0.15, 0.2) is 0 Å². The molecule has 0 aliphatic carbocycles. The largest absolute Gasteiger partial charge is 0.389 e. The van der Waals surface area contributed by atoms with Crippen LogP contribution in [-0.4, -0.2) is 41.8 Å². The molecule has 1 aromatic rings. The zero-order valence-electron chi connectivity index (χ0n) is 11.6. The molecule has 0 saturated carbocycles. The maximum atomic E-state index is 11.7. The van der Waals surface area contributed by atoms with Gasteiger partial charge in [-0.2, -0.15) is 0 Å². The first-order valence-electron chi connectivity index (χ1n) is 6.24. The van der Waals surface area contributed by atoms with Gasteiger partial charge in [-0.15, -0.1) is 0 Å². The summed E-state index contributed by atoms with van der Waals surface area (Å²) in [6.45, 7) is 4.19. The molecule has 0 atom stereocenters. The zero-order chi connectivity index (χ0) is 14.5. The number of rotatable bonds is 5. The topological polar surface area (TPSA) is 52.6 Å². The van der Waals surface area contributed by atoms with Gasteiger partial charge in [0.25, 0.3) is 0 Å². The molecule has 0 radical (unpaired) electrons. The average molecular weight is 285 g/mol. The van der Waals surface area contributed by atoms with E-state index in [1.165, 1.54) is 4.90 Å². The summed E-state index contributed by atoms with van der Waals surface area (Å²) in [6, 6.07) is 7.36. The SMILES string of the molecule is CN(CC(C)(C)O)C(=O)NCCc1ccc(Cl)cc1. The molecule has 0 heterocycles. The Hall–Kier alpha value is -1.26. The summed E-state index contributed by atoms with van der Waals surface area (Å²) in [4.78, 5) is 13.2. The molecular weight excluding hydrogens is 264 g/mol. The molecule has 4 nitrogen and oxygen atoms in total. The number of likely N-dealkylation sites (N-methyl/N-ethyl adjacent to an activating group) is 1. The Kier molecular flexibility index (Phi) is 5.63. The number of halogens is 1. The van der Waals surface area contributed by atoms with Gasteiger partial charge in [-0.3, -0.25) is 0 Å². The van der Waals surface area contributed by atoms with E-state index in [1.54, 1.807) is 20.9 Å². The number of urea groups is 1. The highest BCUT2D eigenvalue weighted by molar-refractivity contribution is 6.30. The number of benzene rings is 1. The van der Waals surface area contributed by atoms with Crippen molar-refractivity contribution >= 4 is 17.6 Å². The molecule has 0 aliphatic heterocycles. The molecule has 2 N–H and O–H groups in total. The Morgan fingerprint density at radius 3 is 2.47 bits per heavy atom. The highest BCUT2D eigenvalue weighted by Gasteiger charge is 2.18. The maximum absolute atomic E-state index is 11.7. The van der Waals surface area contributed by atoms with Crippen molar-refractivity contribution in [1.82, 2.24) is 10.2 Å². The Bertz CT molecular complexity index is 412. The van der Waals surface area contributed by atoms with Gasteiger partial charge in [-0.1, -0.05) is 23.7 Å². The van der Waals surface area contributed by atoms with Gasteiger partial charge in [0.1, 0.15) is 0 Å². The third-order valence-corrected chi connectivity index (χ3v) is 2.83. The van der Waals surface area contributed by atoms with Crippen molar-refractivity contribution in [3.8, 4) is 0 Å². The van der Waals surface area contributed by atoms with Gasteiger partial charge in [0, 0.05) is 18.6 Å². The van der Waals surface area contributed by atoms with Crippen molar-refractivity contribution in [2.75, 3.05) is 20.1 Å². The highest BCUT2D eigenvalue weighted by Crippen LogP contribution is 2.09. The van der Waals surface area contributed by atoms with E-state index in [-0.39, 0.29) is 6.03 Å². The van der Waals surface area contributed by atoms with Crippen LogP contribution in [0.15, 0.2) is 24.3 Å². The lowest BCUT2D eigenvalue weighted by Gasteiger charge is -2.25. The molecule has 0 fully saturated rings. The molecule has 0 spiro atoms. The molecule has 1 aromatic carbocycles. The number of aliphatic hydroxyl groups is 1. The van der Waals surface area contributed by atoms with Gasteiger partial charge < -0.3 is 15.3 Å². The summed E-state index contributed by atoms with van der Waals surface area (Å²) < 4.78 is 0. The van der Waals surface area contributed by atoms with E-state index in [0.717, 1.165) is 12.0 Å². The van der Waals surface area contributed by atoms with Crippen LogP contribution in [0, 0.1) is 0 Å². The molecule has 1 rings (SSSR count). The Balaban J connectivity index is 2.32. The quantitative estimate of drug-likeness (QED) is 0.872. The second-order valence-corrected chi connectivity index (χ2v) is 5.71. The summed E-state index contributed by atoms with van der Waals surface area (Å²) in [5.41, 5.74) is 0.234. The van der Waals surface area contributed by atoms with E-state index < -0.39 is 5.60 Å². The molecule has 0 unspecified atom stereocenters. The van der Waals surface area contributed by atoms with E-state index in [2.05, 4.69) is 5.32 Å². The first-order valence-corrected chi connectivity index (χ1v) is 6.61. The monoisotopic (exact) mass is 284 g/mol. The fraction of sp³-hybridized carbons (Fsp3) is 0.500. The van der Waals surface area contributed by atoms with Crippen LogP contribution in [0.25, 0.3) is 0 Å². The lowest BCUT2D eigenvalue weighted by Crippen LogP contribution is -2.45. The number of nitrogens with zero attached hydrogens (tertiary/aromatic N) is 1. The molecule has 0 saturated heterocycles. The van der Waals surface area contributed by atoms with Crippen molar-refractivity contribution in [2.24, 2.45) is 0 Å². The predicted octanol–water partition coefficient (Wildman–Crippen LogP) is 2.29. The van der Waals surface area contributed by atoms with Gasteiger partial charge in [0.05, 0.1) is 12.1 Å². The van der Waals surface area contributed by atoms with Crippen molar-refractivity contribution in [2.45, 2.75) is 25.9 Å². The minimum atomic E-state index is -0.887. The van der Waals surface area contributed by atoms with Crippen LogP contribution >= 0.6 is 11.6 Å². The van der Waals surface area contributed by atoms with Crippen LogP contribution < -0.4 is 5.32 Å². The summed E-state index contributed by atoms with van der Waals surface area (Å²) in [5.74, 6) is 0. The normalized spacial score (nSPS) is 11.2. The molecule has 0 aromatic heterocycles.